The summed E-state index contributed by atoms with van der Waals surface area (Å²) >= 11 is 6.03. The molecule has 0 saturated carbocycles. The molecule has 0 radical (unpaired) electrons. The van der Waals surface area contributed by atoms with E-state index in [2.05, 4.69) is 20.1 Å². The van der Waals surface area contributed by atoms with Gasteiger partial charge in [0.1, 0.15) is 11.4 Å². The number of benzene rings is 1. The number of sulfone groups is 1. The molecule has 0 amide bonds. The van der Waals surface area contributed by atoms with Crippen molar-refractivity contribution in [3.05, 3.63) is 76.0 Å². The van der Waals surface area contributed by atoms with Gasteiger partial charge in [-0.15, -0.1) is 4.98 Å². The fourth-order valence-electron chi connectivity index (χ4n) is 3.42. The first-order chi connectivity index (χ1) is 14.7. The van der Waals surface area contributed by atoms with Crippen molar-refractivity contribution in [2.45, 2.75) is 24.7 Å². The third-order valence-corrected chi connectivity index (χ3v) is 6.10. The molecule has 156 valence electrons. The smallest absolute Gasteiger partial charge is 0.269 e. The van der Waals surface area contributed by atoms with Crippen molar-refractivity contribution in [3.63, 3.8) is 0 Å². The summed E-state index contributed by atoms with van der Waals surface area (Å²) in [6, 6.07) is 11.8. The van der Waals surface area contributed by atoms with E-state index in [1.54, 1.807) is 24.3 Å². The Kier molecular flexibility index (Phi) is 5.48. The predicted octanol–water partition coefficient (Wildman–Crippen LogP) is 5.07. The third kappa shape index (κ3) is 4.58. The number of halogens is 1. The van der Waals surface area contributed by atoms with Crippen LogP contribution < -0.4 is 5.32 Å². The van der Waals surface area contributed by atoms with Gasteiger partial charge in [0, 0.05) is 23.4 Å². The predicted molar refractivity (Wildman–Crippen MR) is 122 cm³/mol. The maximum absolute atomic E-state index is 12.3. The van der Waals surface area contributed by atoms with Gasteiger partial charge in [0.15, 0.2) is 9.84 Å². The molecule has 3 aromatic rings. The first-order valence-corrected chi connectivity index (χ1v) is 11.7. The summed E-state index contributed by atoms with van der Waals surface area (Å²) in [6.45, 7) is 9.08. The zero-order chi connectivity index (χ0) is 22.2. The van der Waals surface area contributed by atoms with E-state index < -0.39 is 9.84 Å². The van der Waals surface area contributed by atoms with Crippen molar-refractivity contribution in [1.82, 2.24) is 9.97 Å². The quantitative estimate of drug-likeness (QED) is 0.547. The van der Waals surface area contributed by atoms with E-state index in [0.29, 0.717) is 40.7 Å². The topological polar surface area (TPSA) is 88.7 Å². The molecule has 0 bridgehead atoms. The Bertz CT molecular complexity index is 1380. The summed E-state index contributed by atoms with van der Waals surface area (Å²) in [7, 11) is -3.50. The first-order valence-electron chi connectivity index (χ1n) is 9.40. The maximum atomic E-state index is 12.3. The van der Waals surface area contributed by atoms with Gasteiger partial charge in [0.05, 0.1) is 34.1 Å². The van der Waals surface area contributed by atoms with Crippen LogP contribution in [0, 0.1) is 6.57 Å². The van der Waals surface area contributed by atoms with E-state index in [1.165, 1.54) is 6.07 Å². The average molecular weight is 452 g/mol. The Morgan fingerprint density at radius 1 is 1.13 bits per heavy atom. The fourth-order valence-corrected chi connectivity index (χ4v) is 4.52. The molecule has 2 aromatic heterocycles. The Morgan fingerprint density at radius 2 is 1.94 bits per heavy atom. The second-order valence-corrected chi connectivity index (χ2v) is 9.71. The number of rotatable bonds is 5. The van der Waals surface area contributed by atoms with Crippen LogP contribution in [0.5, 0.6) is 0 Å². The van der Waals surface area contributed by atoms with Crippen LogP contribution in [-0.4, -0.2) is 30.4 Å². The minimum absolute atomic E-state index is 0.109. The molecule has 1 N–H and O–H groups in total. The number of pyridine rings is 2. The Balaban J connectivity index is 1.77. The third-order valence-electron chi connectivity index (χ3n) is 4.73. The zero-order valence-corrected chi connectivity index (χ0v) is 18.4. The minimum Gasteiger partial charge on any atom is -0.361 e. The molecule has 1 aliphatic rings. The summed E-state index contributed by atoms with van der Waals surface area (Å²) in [6.07, 6.45) is 2.20. The number of hydrogen-bond acceptors (Lipinski definition) is 6. The summed E-state index contributed by atoms with van der Waals surface area (Å²) in [5, 5.41) is 3.56. The molecule has 0 unspecified atom stereocenters. The number of hydrogen-bond donors (Lipinski definition) is 1. The molecule has 9 heteroatoms. The molecule has 0 atom stereocenters. The standard InChI is InChI=1S/C22H18ClN5O2S/c1-13-9-18-22(25-13)19(28-17-8-7-14(23)10-20(17)31(3,29)30)12-16(26-18)11-15-5-4-6-21(24-2)27-15/h4-8,10,12H,9,11H2,1,3H3,(H,26,28). The molecule has 0 fully saturated rings. The van der Waals surface area contributed by atoms with Crippen molar-refractivity contribution >= 4 is 50.0 Å². The normalized spacial score (nSPS) is 12.8. The van der Waals surface area contributed by atoms with E-state index in [9.17, 15) is 8.42 Å². The molecular weight excluding hydrogens is 434 g/mol. The summed E-state index contributed by atoms with van der Waals surface area (Å²) < 4.78 is 24.6. The molecule has 1 aliphatic heterocycles. The second kappa shape index (κ2) is 8.10. The van der Waals surface area contributed by atoms with Gasteiger partial charge in [-0.05, 0) is 43.3 Å². The van der Waals surface area contributed by atoms with Crippen LogP contribution in [0.3, 0.4) is 0 Å². The van der Waals surface area contributed by atoms with E-state index in [0.717, 1.165) is 29.0 Å². The zero-order valence-electron chi connectivity index (χ0n) is 16.8. The molecule has 31 heavy (non-hydrogen) atoms. The lowest BCUT2D eigenvalue weighted by Crippen LogP contribution is -2.05. The lowest BCUT2D eigenvalue weighted by atomic mass is 10.1. The number of aliphatic imine (C=N–C) groups is 1. The largest absolute Gasteiger partial charge is 0.361 e. The van der Waals surface area contributed by atoms with Crippen LogP contribution in [0.25, 0.3) is 4.85 Å². The highest BCUT2D eigenvalue weighted by molar-refractivity contribution is 7.90. The van der Waals surface area contributed by atoms with Crippen LogP contribution in [0.4, 0.5) is 22.9 Å². The monoisotopic (exact) mass is 451 g/mol. The van der Waals surface area contributed by atoms with E-state index >= 15 is 0 Å². The van der Waals surface area contributed by atoms with Gasteiger partial charge in [-0.3, -0.25) is 9.98 Å². The second-order valence-electron chi connectivity index (χ2n) is 7.29. The van der Waals surface area contributed by atoms with Gasteiger partial charge < -0.3 is 10.2 Å². The summed E-state index contributed by atoms with van der Waals surface area (Å²) in [4.78, 5) is 17.1. The van der Waals surface area contributed by atoms with Crippen LogP contribution in [-0.2, 0) is 22.7 Å². The molecule has 0 spiro atoms. The highest BCUT2D eigenvalue weighted by Gasteiger charge is 2.21. The average Bonchev–Trinajstić information content (AvgIpc) is 3.09. The van der Waals surface area contributed by atoms with Gasteiger partial charge in [-0.1, -0.05) is 24.2 Å². The maximum Gasteiger partial charge on any atom is 0.269 e. The Morgan fingerprint density at radius 3 is 2.68 bits per heavy atom. The fraction of sp³-hybridized carbons (Fsp3) is 0.182. The molecular formula is C22H18ClN5O2S. The lowest BCUT2D eigenvalue weighted by Gasteiger charge is -2.14. The van der Waals surface area contributed by atoms with Gasteiger partial charge in [-0.25, -0.2) is 8.42 Å². The van der Waals surface area contributed by atoms with Gasteiger partial charge in [-0.2, -0.15) is 0 Å². The highest BCUT2D eigenvalue weighted by Crippen LogP contribution is 2.38. The number of fused-ring (bicyclic) bond motifs is 1. The van der Waals surface area contributed by atoms with Crippen molar-refractivity contribution < 1.29 is 8.42 Å². The molecule has 4 rings (SSSR count). The first kappa shape index (κ1) is 21.0. The van der Waals surface area contributed by atoms with Crippen molar-refractivity contribution in [2.75, 3.05) is 11.6 Å². The van der Waals surface area contributed by atoms with E-state index in [1.807, 2.05) is 19.1 Å². The molecule has 0 aliphatic carbocycles. The summed E-state index contributed by atoms with van der Waals surface area (Å²) in [5.41, 5.74) is 4.98. The number of nitrogens with zero attached hydrogens (tertiary/aromatic N) is 4. The van der Waals surface area contributed by atoms with Gasteiger partial charge in [0.2, 0.25) is 0 Å². The Hall–Kier alpha value is -3.28. The van der Waals surface area contributed by atoms with Crippen LogP contribution in [0.15, 0.2) is 52.4 Å². The van der Waals surface area contributed by atoms with Crippen LogP contribution in [0.1, 0.15) is 24.0 Å². The van der Waals surface area contributed by atoms with E-state index in [-0.39, 0.29) is 4.90 Å². The Labute approximate surface area is 185 Å². The number of anilines is 2. The van der Waals surface area contributed by atoms with Crippen molar-refractivity contribution in [1.29, 1.82) is 0 Å². The van der Waals surface area contributed by atoms with Crippen molar-refractivity contribution in [3.8, 4) is 0 Å². The SMILES string of the molecule is [C-]#[N+]c1cccc(Cc2cc(Nc3ccc(Cl)cc3S(C)(=O)=O)c3c(n2)CC(C)=N3)n1. The number of aromatic nitrogens is 2. The lowest BCUT2D eigenvalue weighted by molar-refractivity contribution is 0.602. The minimum atomic E-state index is -3.50. The molecule has 0 saturated heterocycles. The van der Waals surface area contributed by atoms with Crippen LogP contribution in [0.2, 0.25) is 5.02 Å². The molecule has 7 nitrogen and oxygen atoms in total. The number of nitrogens with one attached hydrogen (secondary N) is 1. The van der Waals surface area contributed by atoms with Crippen LogP contribution >= 0.6 is 11.6 Å². The van der Waals surface area contributed by atoms with Crippen molar-refractivity contribution in [2.24, 2.45) is 4.99 Å². The molecule has 1 aromatic carbocycles. The summed E-state index contributed by atoms with van der Waals surface area (Å²) in [5.74, 6) is 0.329. The van der Waals surface area contributed by atoms with Gasteiger partial charge >= 0.3 is 0 Å². The molecule has 3 heterocycles. The van der Waals surface area contributed by atoms with E-state index in [4.69, 9.17) is 23.2 Å². The highest BCUT2D eigenvalue weighted by atomic mass is 35.5. The van der Waals surface area contributed by atoms with Gasteiger partial charge in [0.25, 0.3) is 5.82 Å².